The van der Waals surface area contributed by atoms with E-state index in [0.717, 1.165) is 27.2 Å². The summed E-state index contributed by atoms with van der Waals surface area (Å²) in [5, 5.41) is 1.07. The molecular weight excluding hydrogens is 330 g/mol. The van der Waals surface area contributed by atoms with E-state index < -0.39 is 0 Å². The predicted octanol–water partition coefficient (Wildman–Crippen LogP) is 4.39. The van der Waals surface area contributed by atoms with Gasteiger partial charge in [-0.15, -0.1) is 0 Å². The molecule has 0 N–H and O–H groups in total. The summed E-state index contributed by atoms with van der Waals surface area (Å²) in [6.07, 6.45) is 2.57. The van der Waals surface area contributed by atoms with Crippen LogP contribution in [-0.2, 0) is 6.61 Å². The average Bonchev–Trinajstić information content (AvgIpc) is 2.53. The number of hydrogen-bond acceptors (Lipinski definition) is 3. The number of hydrogen-bond donors (Lipinski definition) is 0. The molecule has 2 aromatic carbocycles. The molecule has 0 unspecified atom stereocenters. The number of ether oxygens (including phenoxy) is 1. The van der Waals surface area contributed by atoms with E-state index in [4.69, 9.17) is 4.74 Å². The Kier molecular flexibility index (Phi) is 3.97. The Morgan fingerprint density at radius 3 is 2.90 bits per heavy atom. The van der Waals surface area contributed by atoms with Gasteiger partial charge in [-0.05, 0) is 42.0 Å². The van der Waals surface area contributed by atoms with Crippen LogP contribution in [0.15, 0.2) is 59.2 Å². The molecule has 0 bridgehead atoms. The predicted molar refractivity (Wildman–Crippen MR) is 85.6 cm³/mol. The lowest BCUT2D eigenvalue weighted by Gasteiger charge is -2.09. The summed E-state index contributed by atoms with van der Waals surface area (Å²) < 4.78 is 6.60. The van der Waals surface area contributed by atoms with Crippen molar-refractivity contribution in [1.82, 2.24) is 4.98 Å². The van der Waals surface area contributed by atoms with Gasteiger partial charge in [-0.2, -0.15) is 0 Å². The van der Waals surface area contributed by atoms with Crippen LogP contribution in [0.2, 0.25) is 0 Å². The van der Waals surface area contributed by atoms with Crippen molar-refractivity contribution in [2.24, 2.45) is 0 Å². The van der Waals surface area contributed by atoms with E-state index in [-0.39, 0.29) is 0 Å². The van der Waals surface area contributed by atoms with Crippen LogP contribution in [0.3, 0.4) is 0 Å². The topological polar surface area (TPSA) is 39.2 Å². The standard InChI is InChI=1S/C17H12BrNO2/c18-15-4-6-17(14(9-15)10-20)21-11-12-3-5-16-13(8-12)2-1-7-19-16/h1-10H,11H2. The summed E-state index contributed by atoms with van der Waals surface area (Å²) >= 11 is 3.34. The maximum absolute atomic E-state index is 11.1. The fraction of sp³-hybridized carbons (Fsp3) is 0.0588. The molecule has 0 aliphatic heterocycles. The number of rotatable bonds is 4. The largest absolute Gasteiger partial charge is 0.488 e. The van der Waals surface area contributed by atoms with Gasteiger partial charge in [0.05, 0.1) is 11.1 Å². The van der Waals surface area contributed by atoms with Gasteiger partial charge in [0.15, 0.2) is 6.29 Å². The maximum Gasteiger partial charge on any atom is 0.153 e. The van der Waals surface area contributed by atoms with Crippen molar-refractivity contribution in [3.63, 3.8) is 0 Å². The highest BCUT2D eigenvalue weighted by molar-refractivity contribution is 9.10. The van der Waals surface area contributed by atoms with Crippen molar-refractivity contribution in [2.45, 2.75) is 6.61 Å². The van der Waals surface area contributed by atoms with Crippen molar-refractivity contribution in [3.8, 4) is 5.75 Å². The van der Waals surface area contributed by atoms with Crippen LogP contribution < -0.4 is 4.74 Å². The quantitative estimate of drug-likeness (QED) is 0.660. The van der Waals surface area contributed by atoms with Gasteiger partial charge in [-0.1, -0.05) is 28.1 Å². The molecule has 3 nitrogen and oxygen atoms in total. The molecule has 21 heavy (non-hydrogen) atoms. The van der Waals surface area contributed by atoms with E-state index in [2.05, 4.69) is 20.9 Å². The number of carbonyl (C=O) groups is 1. The van der Waals surface area contributed by atoms with E-state index in [1.54, 1.807) is 18.3 Å². The van der Waals surface area contributed by atoms with E-state index >= 15 is 0 Å². The third-order valence-corrected chi connectivity index (χ3v) is 3.65. The molecule has 0 aliphatic carbocycles. The smallest absolute Gasteiger partial charge is 0.153 e. The first kappa shape index (κ1) is 13.8. The lowest BCUT2D eigenvalue weighted by molar-refractivity contribution is 0.111. The zero-order chi connectivity index (χ0) is 14.7. The van der Waals surface area contributed by atoms with E-state index in [0.29, 0.717) is 17.9 Å². The van der Waals surface area contributed by atoms with Gasteiger partial charge < -0.3 is 4.74 Å². The SMILES string of the molecule is O=Cc1cc(Br)ccc1OCc1ccc2ncccc2c1. The van der Waals surface area contributed by atoms with E-state index in [1.807, 2.05) is 36.4 Å². The zero-order valence-corrected chi connectivity index (χ0v) is 12.7. The minimum atomic E-state index is 0.410. The molecule has 0 aliphatic rings. The van der Waals surface area contributed by atoms with Crippen molar-refractivity contribution >= 4 is 33.1 Å². The second kappa shape index (κ2) is 6.06. The van der Waals surface area contributed by atoms with Gasteiger partial charge in [-0.3, -0.25) is 9.78 Å². The highest BCUT2D eigenvalue weighted by atomic mass is 79.9. The Labute approximate surface area is 130 Å². The first-order valence-corrected chi connectivity index (χ1v) is 7.27. The fourth-order valence-electron chi connectivity index (χ4n) is 2.12. The van der Waals surface area contributed by atoms with Gasteiger partial charge in [0.1, 0.15) is 12.4 Å². The number of aromatic nitrogens is 1. The lowest BCUT2D eigenvalue weighted by Crippen LogP contribution is -1.98. The maximum atomic E-state index is 11.1. The van der Waals surface area contributed by atoms with Gasteiger partial charge in [0.25, 0.3) is 0 Å². The Morgan fingerprint density at radius 1 is 1.14 bits per heavy atom. The van der Waals surface area contributed by atoms with Crippen LogP contribution in [0.5, 0.6) is 5.75 Å². The molecule has 104 valence electrons. The lowest BCUT2D eigenvalue weighted by atomic mass is 10.1. The molecule has 3 aromatic rings. The van der Waals surface area contributed by atoms with Gasteiger partial charge >= 0.3 is 0 Å². The van der Waals surface area contributed by atoms with Crippen LogP contribution in [0.4, 0.5) is 0 Å². The molecule has 4 heteroatoms. The Morgan fingerprint density at radius 2 is 2.05 bits per heavy atom. The summed E-state index contributed by atoms with van der Waals surface area (Å²) in [5.41, 5.74) is 2.53. The van der Waals surface area contributed by atoms with Gasteiger partial charge in [0.2, 0.25) is 0 Å². The highest BCUT2D eigenvalue weighted by Gasteiger charge is 2.05. The molecule has 0 saturated carbocycles. The van der Waals surface area contributed by atoms with Crippen molar-refractivity contribution in [2.75, 3.05) is 0 Å². The molecule has 0 spiro atoms. The van der Waals surface area contributed by atoms with Gasteiger partial charge in [0, 0.05) is 16.1 Å². The number of pyridine rings is 1. The van der Waals surface area contributed by atoms with Crippen LogP contribution in [0.25, 0.3) is 10.9 Å². The minimum Gasteiger partial charge on any atom is -0.488 e. The van der Waals surface area contributed by atoms with Crippen molar-refractivity contribution in [1.29, 1.82) is 0 Å². The average molecular weight is 342 g/mol. The number of aldehydes is 1. The Bertz CT molecular complexity index is 802. The van der Waals surface area contributed by atoms with Crippen molar-refractivity contribution < 1.29 is 9.53 Å². The van der Waals surface area contributed by atoms with Crippen molar-refractivity contribution in [3.05, 3.63) is 70.3 Å². The van der Waals surface area contributed by atoms with Gasteiger partial charge in [-0.25, -0.2) is 0 Å². The molecule has 0 saturated heterocycles. The minimum absolute atomic E-state index is 0.410. The Hall–Kier alpha value is -2.20. The highest BCUT2D eigenvalue weighted by Crippen LogP contribution is 2.23. The number of benzene rings is 2. The monoisotopic (exact) mass is 341 g/mol. The van der Waals surface area contributed by atoms with Crippen LogP contribution in [-0.4, -0.2) is 11.3 Å². The molecule has 0 fully saturated rings. The summed E-state index contributed by atoms with van der Waals surface area (Å²) in [7, 11) is 0. The molecule has 0 amide bonds. The zero-order valence-electron chi connectivity index (χ0n) is 11.1. The van der Waals surface area contributed by atoms with Crippen LogP contribution >= 0.6 is 15.9 Å². The molecule has 0 atom stereocenters. The van der Waals surface area contributed by atoms with Crippen LogP contribution in [0.1, 0.15) is 15.9 Å². The first-order valence-electron chi connectivity index (χ1n) is 6.47. The molecule has 3 rings (SSSR count). The third-order valence-electron chi connectivity index (χ3n) is 3.16. The second-order valence-corrected chi connectivity index (χ2v) is 5.53. The normalized spacial score (nSPS) is 10.5. The number of nitrogens with zero attached hydrogens (tertiary/aromatic N) is 1. The number of halogens is 1. The summed E-state index contributed by atoms with van der Waals surface area (Å²) in [4.78, 5) is 15.3. The number of carbonyl (C=O) groups excluding carboxylic acids is 1. The molecule has 1 heterocycles. The first-order chi connectivity index (χ1) is 10.3. The summed E-state index contributed by atoms with van der Waals surface area (Å²) in [6, 6.07) is 15.3. The van der Waals surface area contributed by atoms with E-state index in [1.165, 1.54) is 0 Å². The second-order valence-electron chi connectivity index (χ2n) is 4.62. The Balaban J connectivity index is 1.81. The molecule has 0 radical (unpaired) electrons. The molecule has 1 aromatic heterocycles. The van der Waals surface area contributed by atoms with Crippen LogP contribution in [0, 0.1) is 0 Å². The fourth-order valence-corrected chi connectivity index (χ4v) is 2.50. The molecular formula is C17H12BrNO2. The third kappa shape index (κ3) is 3.11. The summed E-state index contributed by atoms with van der Waals surface area (Å²) in [5.74, 6) is 0.583. The number of fused-ring (bicyclic) bond motifs is 1. The summed E-state index contributed by atoms with van der Waals surface area (Å²) in [6.45, 7) is 0.410. The van der Waals surface area contributed by atoms with E-state index in [9.17, 15) is 4.79 Å².